The number of methoxy groups -OCH3 is 3. The van der Waals surface area contributed by atoms with Crippen LogP contribution in [0.2, 0.25) is 0 Å². The van der Waals surface area contributed by atoms with Crippen molar-refractivity contribution in [2.24, 2.45) is 5.73 Å². The number of H-pyrrole nitrogens is 1. The maximum Gasteiger partial charge on any atom is 0.244 e. The van der Waals surface area contributed by atoms with Gasteiger partial charge in [0.15, 0.2) is 11.5 Å². The Hall–Kier alpha value is -3.64. The Kier molecular flexibility index (Phi) is 5.48. The van der Waals surface area contributed by atoms with Gasteiger partial charge in [-0.15, -0.1) is 5.10 Å². The van der Waals surface area contributed by atoms with Gasteiger partial charge in [-0.2, -0.15) is 5.26 Å². The van der Waals surface area contributed by atoms with Crippen molar-refractivity contribution in [2.75, 3.05) is 21.3 Å². The summed E-state index contributed by atoms with van der Waals surface area (Å²) in [5.74, 6) is 1.53. The fraction of sp³-hybridized carbons (Fsp3) is 0.182. The van der Waals surface area contributed by atoms with Crippen LogP contribution in [-0.2, 0) is 0 Å². The number of benzene rings is 2. The number of hydrogen-bond donors (Lipinski definition) is 2. The van der Waals surface area contributed by atoms with Crippen molar-refractivity contribution in [2.45, 2.75) is 5.92 Å². The second-order valence-electron chi connectivity index (χ2n) is 6.70. The van der Waals surface area contributed by atoms with Crippen LogP contribution in [0.15, 0.2) is 52.3 Å². The van der Waals surface area contributed by atoms with Crippen molar-refractivity contribution in [3.05, 3.63) is 63.5 Å². The number of halogens is 1. The molecule has 0 saturated heterocycles. The minimum Gasteiger partial charge on any atom is -0.497 e. The second kappa shape index (κ2) is 8.24. The van der Waals surface area contributed by atoms with E-state index >= 15 is 0 Å². The van der Waals surface area contributed by atoms with Crippen LogP contribution in [0.5, 0.6) is 23.1 Å². The van der Waals surface area contributed by atoms with Crippen LogP contribution in [0.4, 0.5) is 0 Å². The average molecular weight is 483 g/mol. The first-order chi connectivity index (χ1) is 15.0. The lowest BCUT2D eigenvalue weighted by Crippen LogP contribution is -2.21. The monoisotopic (exact) mass is 482 g/mol. The highest BCUT2D eigenvalue weighted by Crippen LogP contribution is 2.49. The molecular formula is C22H19BrN4O4. The van der Waals surface area contributed by atoms with Gasteiger partial charge in [-0.05, 0) is 29.8 Å². The van der Waals surface area contributed by atoms with Crippen LogP contribution < -0.4 is 24.7 Å². The van der Waals surface area contributed by atoms with Crippen molar-refractivity contribution in [1.82, 2.24) is 10.2 Å². The summed E-state index contributed by atoms with van der Waals surface area (Å²) >= 11 is 3.61. The molecule has 0 aliphatic carbocycles. The Labute approximate surface area is 187 Å². The summed E-state index contributed by atoms with van der Waals surface area (Å²) in [4.78, 5) is 0. The first kappa shape index (κ1) is 20.6. The molecule has 158 valence electrons. The van der Waals surface area contributed by atoms with Crippen LogP contribution >= 0.6 is 15.9 Å². The molecule has 1 aliphatic heterocycles. The van der Waals surface area contributed by atoms with Gasteiger partial charge < -0.3 is 24.7 Å². The maximum atomic E-state index is 9.93. The number of aromatic nitrogens is 2. The van der Waals surface area contributed by atoms with Gasteiger partial charge >= 0.3 is 0 Å². The number of aromatic amines is 1. The topological polar surface area (TPSA) is 115 Å². The molecule has 0 saturated carbocycles. The summed E-state index contributed by atoms with van der Waals surface area (Å²) in [6.45, 7) is 0. The normalized spacial score (nSPS) is 15.0. The third-order valence-corrected chi connectivity index (χ3v) is 5.80. The third-order valence-electron chi connectivity index (χ3n) is 5.11. The number of nitrogens with one attached hydrogen (secondary N) is 1. The smallest absolute Gasteiger partial charge is 0.244 e. The third kappa shape index (κ3) is 3.45. The first-order valence-electron chi connectivity index (χ1n) is 9.24. The van der Waals surface area contributed by atoms with Crippen LogP contribution in [0.3, 0.4) is 0 Å². The van der Waals surface area contributed by atoms with Gasteiger partial charge in [0.1, 0.15) is 17.4 Å². The molecule has 0 amide bonds. The van der Waals surface area contributed by atoms with Gasteiger partial charge in [-0.1, -0.05) is 28.1 Å². The summed E-state index contributed by atoms with van der Waals surface area (Å²) in [5, 5.41) is 17.3. The number of nitrogens with two attached hydrogens (primary N) is 1. The number of rotatable bonds is 5. The van der Waals surface area contributed by atoms with E-state index in [1.807, 2.05) is 30.3 Å². The van der Waals surface area contributed by atoms with E-state index in [2.05, 4.69) is 32.2 Å². The lowest BCUT2D eigenvalue weighted by Gasteiger charge is -2.25. The van der Waals surface area contributed by atoms with E-state index in [1.165, 1.54) is 0 Å². The van der Waals surface area contributed by atoms with E-state index in [-0.39, 0.29) is 11.5 Å². The molecule has 0 fully saturated rings. The van der Waals surface area contributed by atoms with E-state index in [0.717, 1.165) is 15.6 Å². The van der Waals surface area contributed by atoms with Crippen molar-refractivity contribution in [1.29, 1.82) is 5.26 Å². The SMILES string of the molecule is COc1cccc(-c2[nH]nc3c2C(c2cc(OC)c(OC)cc2Br)C(C#N)=C(N)O3)c1. The lowest BCUT2D eigenvalue weighted by atomic mass is 9.83. The molecular weight excluding hydrogens is 464 g/mol. The minimum absolute atomic E-state index is 0.00498. The Bertz CT molecular complexity index is 1230. The predicted molar refractivity (Wildman–Crippen MR) is 117 cm³/mol. The van der Waals surface area contributed by atoms with Crippen molar-refractivity contribution < 1.29 is 18.9 Å². The molecule has 0 spiro atoms. The molecule has 1 aliphatic rings. The Morgan fingerprint density at radius 1 is 1.13 bits per heavy atom. The number of allylic oxidation sites excluding steroid dienone is 1. The summed E-state index contributed by atoms with van der Waals surface area (Å²) < 4.78 is 22.6. The number of fused-ring (bicyclic) bond motifs is 1. The van der Waals surface area contributed by atoms with E-state index in [1.54, 1.807) is 27.4 Å². The number of nitriles is 1. The molecule has 1 aromatic heterocycles. The van der Waals surface area contributed by atoms with Gasteiger partial charge in [0.05, 0.1) is 38.5 Å². The summed E-state index contributed by atoms with van der Waals surface area (Å²) in [7, 11) is 4.72. The standard InChI is InChI=1S/C22H19BrN4O4/c1-28-12-6-4-5-11(7-12)20-19-18(14(10-24)21(25)31-22(19)27-26-20)13-8-16(29-2)17(30-3)9-15(13)23/h4-9,18H,25H2,1-3H3,(H,26,27). The quantitative estimate of drug-likeness (QED) is 0.562. The van der Waals surface area contributed by atoms with Gasteiger partial charge in [0, 0.05) is 10.0 Å². The highest BCUT2D eigenvalue weighted by atomic mass is 79.9. The predicted octanol–water partition coefficient (Wildman–Crippen LogP) is 4.08. The van der Waals surface area contributed by atoms with Crippen LogP contribution in [0, 0.1) is 11.3 Å². The van der Waals surface area contributed by atoms with Crippen LogP contribution in [-0.4, -0.2) is 31.5 Å². The molecule has 8 nitrogen and oxygen atoms in total. The van der Waals surface area contributed by atoms with Gasteiger partial charge in [-0.3, -0.25) is 5.10 Å². The van der Waals surface area contributed by atoms with Crippen LogP contribution in [0.1, 0.15) is 17.0 Å². The molecule has 0 bridgehead atoms. The van der Waals surface area contributed by atoms with Crippen LogP contribution in [0.25, 0.3) is 11.3 Å². The first-order valence-corrected chi connectivity index (χ1v) is 10.0. The zero-order chi connectivity index (χ0) is 22.1. The number of ether oxygens (including phenoxy) is 4. The molecule has 2 aromatic carbocycles. The molecule has 1 unspecified atom stereocenters. The van der Waals surface area contributed by atoms with Gasteiger partial charge in [-0.25, -0.2) is 0 Å². The Morgan fingerprint density at radius 2 is 1.87 bits per heavy atom. The van der Waals surface area contributed by atoms with E-state index in [9.17, 15) is 5.26 Å². The molecule has 0 radical (unpaired) electrons. The summed E-state index contributed by atoms with van der Waals surface area (Å²) in [5.41, 5.74) is 9.33. The van der Waals surface area contributed by atoms with E-state index < -0.39 is 5.92 Å². The zero-order valence-corrected chi connectivity index (χ0v) is 18.6. The average Bonchev–Trinajstić information content (AvgIpc) is 3.21. The summed E-state index contributed by atoms with van der Waals surface area (Å²) in [6.07, 6.45) is 0. The molecule has 1 atom stereocenters. The molecule has 4 rings (SSSR count). The van der Waals surface area contributed by atoms with Gasteiger partial charge in [0.2, 0.25) is 11.8 Å². The lowest BCUT2D eigenvalue weighted by molar-refractivity contribution is 0.353. The Morgan fingerprint density at radius 3 is 2.55 bits per heavy atom. The molecule has 31 heavy (non-hydrogen) atoms. The highest BCUT2D eigenvalue weighted by molar-refractivity contribution is 9.10. The fourth-order valence-corrected chi connectivity index (χ4v) is 4.20. The number of hydrogen-bond acceptors (Lipinski definition) is 7. The van der Waals surface area contributed by atoms with Crippen molar-refractivity contribution in [3.8, 4) is 40.5 Å². The minimum atomic E-state index is -0.553. The van der Waals surface area contributed by atoms with E-state index in [0.29, 0.717) is 34.4 Å². The Balaban J connectivity index is 1.98. The maximum absolute atomic E-state index is 9.93. The largest absolute Gasteiger partial charge is 0.497 e. The van der Waals surface area contributed by atoms with E-state index in [4.69, 9.17) is 24.7 Å². The highest BCUT2D eigenvalue weighted by Gasteiger charge is 2.37. The summed E-state index contributed by atoms with van der Waals surface area (Å²) in [6, 6.07) is 13.3. The van der Waals surface area contributed by atoms with Gasteiger partial charge in [0.25, 0.3) is 0 Å². The van der Waals surface area contributed by atoms with Crippen molar-refractivity contribution >= 4 is 15.9 Å². The van der Waals surface area contributed by atoms with Crippen molar-refractivity contribution in [3.63, 3.8) is 0 Å². The molecule has 2 heterocycles. The second-order valence-corrected chi connectivity index (χ2v) is 7.56. The fourth-order valence-electron chi connectivity index (χ4n) is 3.65. The number of nitrogens with zero attached hydrogens (tertiary/aromatic N) is 2. The molecule has 9 heteroatoms. The molecule has 3 N–H and O–H groups in total. The zero-order valence-electron chi connectivity index (χ0n) is 17.0. The molecule has 3 aromatic rings.